The normalized spacial score (nSPS) is 17.9. The van der Waals surface area contributed by atoms with Crippen LogP contribution in [0.5, 0.6) is 0 Å². The minimum Gasteiger partial charge on any atom is -0.467 e. The van der Waals surface area contributed by atoms with Crippen LogP contribution in [0.4, 0.5) is 0 Å². The highest BCUT2D eigenvalue weighted by Gasteiger charge is 2.34. The van der Waals surface area contributed by atoms with Crippen LogP contribution in [-0.4, -0.2) is 22.5 Å². The van der Waals surface area contributed by atoms with Crippen molar-refractivity contribution in [2.24, 2.45) is 5.10 Å². The molecule has 0 N–H and O–H groups in total. The first-order valence-corrected chi connectivity index (χ1v) is 7.28. The number of benzene rings is 1. The zero-order valence-electron chi connectivity index (χ0n) is 11.6. The Balaban J connectivity index is 1.93. The molecule has 1 aromatic carbocycles. The molecule has 1 amide bonds. The standard InChI is InChI=1S/C16H15ClN2O2/c1-11-4-6-12(7-5-11)13-9-14(15-3-2-8-21-15)19(18-13)16(20)10-17/h2-8,14H,9-10H2,1H3. The first-order chi connectivity index (χ1) is 10.2. The van der Waals surface area contributed by atoms with Crippen molar-refractivity contribution in [2.45, 2.75) is 19.4 Å². The fourth-order valence-electron chi connectivity index (χ4n) is 2.42. The summed E-state index contributed by atoms with van der Waals surface area (Å²) < 4.78 is 5.44. The maximum atomic E-state index is 12.0. The quantitative estimate of drug-likeness (QED) is 0.815. The number of hydrogen-bond acceptors (Lipinski definition) is 3. The minimum absolute atomic E-state index is 0.0954. The lowest BCUT2D eigenvalue weighted by Gasteiger charge is -2.18. The summed E-state index contributed by atoms with van der Waals surface area (Å²) in [6.07, 6.45) is 2.22. The predicted molar refractivity (Wildman–Crippen MR) is 81.3 cm³/mol. The van der Waals surface area contributed by atoms with E-state index in [0.717, 1.165) is 17.0 Å². The topological polar surface area (TPSA) is 45.8 Å². The number of carbonyl (C=O) groups excluding carboxylic acids is 1. The molecule has 0 fully saturated rings. The van der Waals surface area contributed by atoms with E-state index in [-0.39, 0.29) is 17.8 Å². The van der Waals surface area contributed by atoms with Crippen LogP contribution in [0.25, 0.3) is 0 Å². The number of halogens is 1. The van der Waals surface area contributed by atoms with E-state index >= 15 is 0 Å². The second-order valence-corrected chi connectivity index (χ2v) is 5.29. The van der Waals surface area contributed by atoms with E-state index in [4.69, 9.17) is 16.0 Å². The molecule has 1 atom stereocenters. The van der Waals surface area contributed by atoms with Crippen molar-refractivity contribution in [3.8, 4) is 0 Å². The van der Waals surface area contributed by atoms with Crippen molar-refractivity contribution in [2.75, 3.05) is 5.88 Å². The van der Waals surface area contributed by atoms with E-state index in [2.05, 4.69) is 5.10 Å². The highest BCUT2D eigenvalue weighted by atomic mass is 35.5. The highest BCUT2D eigenvalue weighted by molar-refractivity contribution is 6.27. The third-order valence-corrected chi connectivity index (χ3v) is 3.77. The monoisotopic (exact) mass is 302 g/mol. The van der Waals surface area contributed by atoms with Gasteiger partial charge in [0, 0.05) is 6.42 Å². The summed E-state index contributed by atoms with van der Waals surface area (Å²) in [5.74, 6) is 0.404. The van der Waals surface area contributed by atoms with Gasteiger partial charge in [0.05, 0.1) is 12.0 Å². The van der Waals surface area contributed by atoms with Gasteiger partial charge in [-0.2, -0.15) is 5.10 Å². The van der Waals surface area contributed by atoms with Gasteiger partial charge in [0.15, 0.2) is 0 Å². The molecule has 3 rings (SSSR count). The molecule has 1 aliphatic rings. The van der Waals surface area contributed by atoms with Gasteiger partial charge in [-0.15, -0.1) is 11.6 Å². The SMILES string of the molecule is Cc1ccc(C2=NN(C(=O)CCl)C(c3ccco3)C2)cc1. The molecule has 108 valence electrons. The van der Waals surface area contributed by atoms with Crippen LogP contribution in [0.15, 0.2) is 52.2 Å². The Labute approximate surface area is 128 Å². The lowest BCUT2D eigenvalue weighted by atomic mass is 10.0. The molecular weight excluding hydrogens is 288 g/mol. The molecule has 0 bridgehead atoms. The maximum absolute atomic E-state index is 12.0. The number of amides is 1. The van der Waals surface area contributed by atoms with Gasteiger partial charge in [-0.05, 0) is 24.6 Å². The fourth-order valence-corrected chi connectivity index (χ4v) is 2.55. The molecule has 1 aliphatic heterocycles. The van der Waals surface area contributed by atoms with E-state index in [1.54, 1.807) is 6.26 Å². The Kier molecular flexibility index (Phi) is 3.80. The van der Waals surface area contributed by atoms with Crippen molar-refractivity contribution < 1.29 is 9.21 Å². The fraction of sp³-hybridized carbons (Fsp3) is 0.250. The van der Waals surface area contributed by atoms with Crippen LogP contribution in [0.1, 0.15) is 29.3 Å². The van der Waals surface area contributed by atoms with E-state index in [9.17, 15) is 4.79 Å². The average molecular weight is 303 g/mol. The van der Waals surface area contributed by atoms with Gasteiger partial charge in [-0.1, -0.05) is 29.8 Å². The van der Waals surface area contributed by atoms with Crippen molar-refractivity contribution in [3.63, 3.8) is 0 Å². The second-order valence-electron chi connectivity index (χ2n) is 5.02. The molecule has 2 aromatic rings. The first-order valence-electron chi connectivity index (χ1n) is 6.75. The van der Waals surface area contributed by atoms with Gasteiger partial charge >= 0.3 is 0 Å². The van der Waals surface area contributed by atoms with Crippen LogP contribution < -0.4 is 0 Å². The predicted octanol–water partition coefficient (Wildman–Crippen LogP) is 3.50. The van der Waals surface area contributed by atoms with Crippen molar-refractivity contribution in [1.82, 2.24) is 5.01 Å². The Bertz CT molecular complexity index is 662. The van der Waals surface area contributed by atoms with Crippen LogP contribution in [-0.2, 0) is 4.79 Å². The summed E-state index contributed by atoms with van der Waals surface area (Å²) in [6.45, 7) is 2.04. The van der Waals surface area contributed by atoms with Gasteiger partial charge in [-0.25, -0.2) is 5.01 Å². The van der Waals surface area contributed by atoms with E-state index < -0.39 is 0 Å². The van der Waals surface area contributed by atoms with Gasteiger partial charge in [0.1, 0.15) is 17.7 Å². The Morgan fingerprint density at radius 2 is 2.14 bits per heavy atom. The van der Waals surface area contributed by atoms with Crippen molar-refractivity contribution in [1.29, 1.82) is 0 Å². The van der Waals surface area contributed by atoms with Gasteiger partial charge in [0.25, 0.3) is 5.91 Å². The molecule has 21 heavy (non-hydrogen) atoms. The lowest BCUT2D eigenvalue weighted by Crippen LogP contribution is -2.27. The van der Waals surface area contributed by atoms with Gasteiger partial charge in [0.2, 0.25) is 0 Å². The number of hydrazone groups is 1. The van der Waals surface area contributed by atoms with Gasteiger partial charge in [-0.3, -0.25) is 4.79 Å². The summed E-state index contributed by atoms with van der Waals surface area (Å²) >= 11 is 5.68. The molecule has 1 unspecified atom stereocenters. The first kappa shape index (κ1) is 13.9. The largest absolute Gasteiger partial charge is 0.467 e. The van der Waals surface area contributed by atoms with E-state index in [1.165, 1.54) is 10.6 Å². The lowest BCUT2D eigenvalue weighted by molar-refractivity contribution is -0.130. The number of rotatable bonds is 3. The summed E-state index contributed by atoms with van der Waals surface area (Å²) in [4.78, 5) is 12.0. The number of hydrogen-bond donors (Lipinski definition) is 0. The molecule has 0 aliphatic carbocycles. The molecule has 5 heteroatoms. The molecule has 2 heterocycles. The Hall–Kier alpha value is -2.07. The molecule has 0 saturated heterocycles. The van der Waals surface area contributed by atoms with Crippen LogP contribution in [0.3, 0.4) is 0 Å². The average Bonchev–Trinajstić information content (AvgIpc) is 3.16. The zero-order valence-corrected chi connectivity index (χ0v) is 12.4. The number of nitrogens with zero attached hydrogens (tertiary/aromatic N) is 2. The zero-order chi connectivity index (χ0) is 14.8. The molecule has 1 aromatic heterocycles. The summed E-state index contributed by atoms with van der Waals surface area (Å²) in [6, 6.07) is 11.5. The van der Waals surface area contributed by atoms with Crippen LogP contribution >= 0.6 is 11.6 Å². The molecule has 0 radical (unpaired) electrons. The Morgan fingerprint density at radius 3 is 2.76 bits per heavy atom. The number of aryl methyl sites for hydroxylation is 1. The van der Waals surface area contributed by atoms with Crippen LogP contribution in [0, 0.1) is 6.92 Å². The minimum atomic E-state index is -0.222. The molecule has 0 spiro atoms. The summed E-state index contributed by atoms with van der Waals surface area (Å²) in [5, 5.41) is 5.88. The molecule has 0 saturated carbocycles. The van der Waals surface area contributed by atoms with Crippen molar-refractivity contribution >= 4 is 23.2 Å². The third-order valence-electron chi connectivity index (χ3n) is 3.54. The highest BCUT2D eigenvalue weighted by Crippen LogP contribution is 2.33. The maximum Gasteiger partial charge on any atom is 0.258 e. The summed E-state index contributed by atoms with van der Waals surface area (Å²) in [5.41, 5.74) is 3.07. The molecule has 4 nitrogen and oxygen atoms in total. The van der Waals surface area contributed by atoms with Crippen molar-refractivity contribution in [3.05, 3.63) is 59.5 Å². The number of carbonyl (C=O) groups is 1. The number of alkyl halides is 1. The third kappa shape index (κ3) is 2.72. The van der Waals surface area contributed by atoms with E-state index in [1.807, 2.05) is 43.3 Å². The molecular formula is C16H15ClN2O2. The smallest absolute Gasteiger partial charge is 0.258 e. The number of furan rings is 1. The second kappa shape index (κ2) is 5.74. The Morgan fingerprint density at radius 1 is 1.38 bits per heavy atom. The van der Waals surface area contributed by atoms with Gasteiger partial charge < -0.3 is 4.42 Å². The van der Waals surface area contributed by atoms with E-state index in [0.29, 0.717) is 6.42 Å². The summed E-state index contributed by atoms with van der Waals surface area (Å²) in [7, 11) is 0. The van der Waals surface area contributed by atoms with Crippen LogP contribution in [0.2, 0.25) is 0 Å².